The fourth-order valence-electron chi connectivity index (χ4n) is 1.90. The number of sulfonamides is 1. The van der Waals surface area contributed by atoms with Crippen molar-refractivity contribution in [3.05, 3.63) is 23.8 Å². The summed E-state index contributed by atoms with van der Waals surface area (Å²) in [7, 11) is -1.50. The van der Waals surface area contributed by atoms with Crippen LogP contribution in [-0.4, -0.2) is 39.5 Å². The lowest BCUT2D eigenvalue weighted by Gasteiger charge is -2.23. The molecule has 0 fully saturated rings. The first-order valence-electron chi connectivity index (χ1n) is 6.83. The molecule has 114 valence electrons. The lowest BCUT2D eigenvalue weighted by molar-refractivity contribution is 0.256. The van der Waals surface area contributed by atoms with E-state index in [9.17, 15) is 8.42 Å². The van der Waals surface area contributed by atoms with Gasteiger partial charge in [-0.05, 0) is 51.1 Å². The minimum Gasteiger partial charge on any atom is -0.399 e. The Bertz CT molecular complexity index is 523. The van der Waals surface area contributed by atoms with E-state index in [1.165, 1.54) is 6.07 Å². The molecule has 0 aromatic heterocycles. The van der Waals surface area contributed by atoms with Crippen molar-refractivity contribution in [1.29, 1.82) is 0 Å². The van der Waals surface area contributed by atoms with Gasteiger partial charge in [0.2, 0.25) is 10.0 Å². The summed E-state index contributed by atoms with van der Waals surface area (Å²) in [6.07, 6.45) is 1.04. The Hall–Kier alpha value is -1.11. The van der Waals surface area contributed by atoms with Crippen molar-refractivity contribution in [2.75, 3.05) is 25.9 Å². The molecule has 1 unspecified atom stereocenters. The van der Waals surface area contributed by atoms with Crippen LogP contribution in [0.15, 0.2) is 23.1 Å². The van der Waals surface area contributed by atoms with Crippen molar-refractivity contribution in [2.24, 2.45) is 0 Å². The van der Waals surface area contributed by atoms with Gasteiger partial charge in [-0.1, -0.05) is 6.92 Å². The van der Waals surface area contributed by atoms with E-state index in [0.29, 0.717) is 24.8 Å². The second-order valence-corrected chi connectivity index (χ2v) is 6.98. The third-order valence-corrected chi connectivity index (χ3v) is 4.92. The maximum Gasteiger partial charge on any atom is 0.240 e. The minimum absolute atomic E-state index is 0.223. The molecule has 6 heteroatoms. The minimum atomic E-state index is -3.49. The first-order valence-corrected chi connectivity index (χ1v) is 8.31. The van der Waals surface area contributed by atoms with Crippen molar-refractivity contribution in [2.45, 2.75) is 38.1 Å². The summed E-state index contributed by atoms with van der Waals surface area (Å²) in [4.78, 5) is 2.36. The van der Waals surface area contributed by atoms with E-state index < -0.39 is 10.0 Å². The van der Waals surface area contributed by atoms with Crippen LogP contribution in [0.25, 0.3) is 0 Å². The van der Waals surface area contributed by atoms with Crippen molar-refractivity contribution in [3.63, 3.8) is 0 Å². The quantitative estimate of drug-likeness (QED) is 0.750. The van der Waals surface area contributed by atoms with Crippen molar-refractivity contribution in [3.8, 4) is 0 Å². The molecule has 5 nitrogen and oxygen atoms in total. The molecule has 0 aliphatic heterocycles. The number of nitrogens with zero attached hydrogens (tertiary/aromatic N) is 1. The van der Waals surface area contributed by atoms with Crippen LogP contribution < -0.4 is 10.5 Å². The Balaban J connectivity index is 2.66. The fraction of sp³-hybridized carbons (Fsp3) is 0.571. The monoisotopic (exact) mass is 299 g/mol. The molecule has 0 saturated carbocycles. The molecule has 0 bridgehead atoms. The second-order valence-electron chi connectivity index (χ2n) is 5.22. The summed E-state index contributed by atoms with van der Waals surface area (Å²) in [5.41, 5.74) is 6.99. The number of benzene rings is 1. The van der Waals surface area contributed by atoms with Gasteiger partial charge in [-0.3, -0.25) is 0 Å². The van der Waals surface area contributed by atoms with E-state index >= 15 is 0 Å². The second kappa shape index (κ2) is 7.06. The van der Waals surface area contributed by atoms with Gasteiger partial charge in [-0.15, -0.1) is 0 Å². The van der Waals surface area contributed by atoms with Crippen LogP contribution >= 0.6 is 0 Å². The first kappa shape index (κ1) is 16.9. The lowest BCUT2D eigenvalue weighted by atomic mass is 10.2. The first-order chi connectivity index (χ1) is 9.26. The van der Waals surface area contributed by atoms with Crippen LogP contribution in [0.5, 0.6) is 0 Å². The molecule has 0 heterocycles. The van der Waals surface area contributed by atoms with Gasteiger partial charge in [0.1, 0.15) is 0 Å². The number of likely N-dealkylation sites (N-methyl/N-ethyl adjacent to an activating group) is 1. The van der Waals surface area contributed by atoms with Crippen molar-refractivity contribution in [1.82, 2.24) is 9.62 Å². The van der Waals surface area contributed by atoms with E-state index in [1.54, 1.807) is 12.1 Å². The average Bonchev–Trinajstić information content (AvgIpc) is 2.36. The van der Waals surface area contributed by atoms with Gasteiger partial charge in [-0.2, -0.15) is 0 Å². The third kappa shape index (κ3) is 4.77. The van der Waals surface area contributed by atoms with Crippen molar-refractivity contribution >= 4 is 15.7 Å². The molecule has 1 atom stereocenters. The van der Waals surface area contributed by atoms with Gasteiger partial charge >= 0.3 is 0 Å². The Kier molecular flexibility index (Phi) is 5.98. The maximum absolute atomic E-state index is 12.2. The third-order valence-electron chi connectivity index (χ3n) is 3.48. The van der Waals surface area contributed by atoms with Crippen LogP contribution in [0, 0.1) is 6.92 Å². The number of aryl methyl sites for hydroxylation is 1. The van der Waals surface area contributed by atoms with Crippen LogP contribution in [0.2, 0.25) is 0 Å². The number of hydrogen-bond acceptors (Lipinski definition) is 4. The highest BCUT2D eigenvalue weighted by atomic mass is 32.2. The molecule has 0 spiro atoms. The van der Waals surface area contributed by atoms with E-state index in [1.807, 2.05) is 14.0 Å². The van der Waals surface area contributed by atoms with Crippen LogP contribution in [-0.2, 0) is 10.0 Å². The number of rotatable bonds is 7. The summed E-state index contributed by atoms with van der Waals surface area (Å²) in [5, 5.41) is 0. The smallest absolute Gasteiger partial charge is 0.240 e. The molecule has 3 N–H and O–H groups in total. The largest absolute Gasteiger partial charge is 0.399 e. The highest BCUT2D eigenvalue weighted by Crippen LogP contribution is 2.15. The molecule has 0 amide bonds. The molecule has 0 saturated heterocycles. The predicted molar refractivity (Wildman–Crippen MR) is 83.2 cm³/mol. The highest BCUT2D eigenvalue weighted by molar-refractivity contribution is 7.89. The zero-order chi connectivity index (χ0) is 15.3. The summed E-state index contributed by atoms with van der Waals surface area (Å²) >= 11 is 0. The predicted octanol–water partition coefficient (Wildman–Crippen LogP) is 1.59. The Labute approximate surface area is 122 Å². The van der Waals surface area contributed by atoms with Gasteiger partial charge in [0.15, 0.2) is 0 Å². The van der Waals surface area contributed by atoms with E-state index in [-0.39, 0.29) is 4.90 Å². The summed E-state index contributed by atoms with van der Waals surface area (Å²) in [6.45, 7) is 7.12. The van der Waals surface area contributed by atoms with Crippen LogP contribution in [0.4, 0.5) is 5.69 Å². The van der Waals surface area contributed by atoms with Crippen molar-refractivity contribution < 1.29 is 8.42 Å². The topological polar surface area (TPSA) is 75.4 Å². The van der Waals surface area contributed by atoms with Gasteiger partial charge < -0.3 is 10.6 Å². The molecular weight excluding hydrogens is 274 g/mol. The van der Waals surface area contributed by atoms with E-state index in [4.69, 9.17) is 5.73 Å². The number of hydrogen-bond donors (Lipinski definition) is 2. The summed E-state index contributed by atoms with van der Waals surface area (Å²) in [6, 6.07) is 5.29. The van der Waals surface area contributed by atoms with Gasteiger partial charge in [0.25, 0.3) is 0 Å². The molecule has 1 rings (SSSR count). The molecule has 0 radical (unpaired) electrons. The Morgan fingerprint density at radius 2 is 2.00 bits per heavy atom. The maximum atomic E-state index is 12.2. The number of nitrogens with one attached hydrogen (secondary N) is 1. The number of anilines is 1. The molecule has 1 aromatic rings. The highest BCUT2D eigenvalue weighted by Gasteiger charge is 2.15. The normalized spacial score (nSPS) is 13.7. The summed E-state index contributed by atoms with van der Waals surface area (Å²) in [5.74, 6) is 0. The fourth-order valence-corrected chi connectivity index (χ4v) is 3.06. The zero-order valence-corrected chi connectivity index (χ0v) is 13.5. The molecule has 0 aliphatic carbocycles. The van der Waals surface area contributed by atoms with Crippen LogP contribution in [0.3, 0.4) is 0 Å². The molecule has 1 aromatic carbocycles. The lowest BCUT2D eigenvalue weighted by Crippen LogP contribution is -2.37. The number of nitrogens with two attached hydrogens (primary N) is 1. The standard InChI is InChI=1S/C14H25N3O2S/c1-5-12(3)17(4)7-6-16-20(18,19)14-9-11(2)8-13(15)10-14/h8-10,12,16H,5-7,15H2,1-4H3. The van der Waals surface area contributed by atoms with Gasteiger partial charge in [0, 0.05) is 24.8 Å². The molecule has 20 heavy (non-hydrogen) atoms. The Morgan fingerprint density at radius 1 is 1.35 bits per heavy atom. The Morgan fingerprint density at radius 3 is 2.55 bits per heavy atom. The molecule has 0 aliphatic rings. The SMILES string of the molecule is CCC(C)N(C)CCNS(=O)(=O)c1cc(C)cc(N)c1. The van der Waals surface area contributed by atoms with E-state index in [0.717, 1.165) is 12.0 Å². The van der Waals surface area contributed by atoms with Gasteiger partial charge in [-0.25, -0.2) is 13.1 Å². The molecular formula is C14H25N3O2S. The van der Waals surface area contributed by atoms with Crippen LogP contribution in [0.1, 0.15) is 25.8 Å². The summed E-state index contributed by atoms with van der Waals surface area (Å²) < 4.78 is 27.0. The zero-order valence-electron chi connectivity index (χ0n) is 12.7. The van der Waals surface area contributed by atoms with Gasteiger partial charge in [0.05, 0.1) is 4.90 Å². The van der Waals surface area contributed by atoms with E-state index in [2.05, 4.69) is 23.5 Å². The number of nitrogen functional groups attached to an aromatic ring is 1. The average molecular weight is 299 g/mol.